The van der Waals surface area contributed by atoms with Crippen LogP contribution in [0.15, 0.2) is 23.7 Å². The molecule has 6 heteroatoms. The van der Waals surface area contributed by atoms with E-state index in [2.05, 4.69) is 20.5 Å². The van der Waals surface area contributed by atoms with Gasteiger partial charge in [-0.15, -0.1) is 0 Å². The van der Waals surface area contributed by atoms with E-state index in [1.165, 1.54) is 0 Å². The fraction of sp³-hybridized carbons (Fsp3) is 0.400. The second-order valence-corrected chi connectivity index (χ2v) is 3.57. The number of nitrogens with one attached hydrogen (secondary N) is 1. The van der Waals surface area contributed by atoms with Gasteiger partial charge in [0.15, 0.2) is 0 Å². The molecule has 1 unspecified atom stereocenters. The molecule has 2 heterocycles. The van der Waals surface area contributed by atoms with Crippen molar-refractivity contribution in [1.29, 1.82) is 0 Å². The molecular formula is C10H13N5O. The van der Waals surface area contributed by atoms with Crippen LogP contribution in [0.2, 0.25) is 0 Å². The minimum absolute atomic E-state index is 0.195. The van der Waals surface area contributed by atoms with Crippen molar-refractivity contribution in [1.82, 2.24) is 20.3 Å². The van der Waals surface area contributed by atoms with Crippen molar-refractivity contribution in [3.63, 3.8) is 0 Å². The predicted octanol–water partition coefficient (Wildman–Crippen LogP) is 0.303. The largest absolute Gasteiger partial charge is 0.353 e. The third kappa shape index (κ3) is 2.00. The Kier molecular flexibility index (Phi) is 3.09. The highest BCUT2D eigenvalue weighted by atomic mass is 16.1. The Morgan fingerprint density at radius 1 is 1.62 bits per heavy atom. The van der Waals surface area contributed by atoms with Crippen molar-refractivity contribution in [2.45, 2.75) is 18.9 Å². The second-order valence-electron chi connectivity index (χ2n) is 3.57. The Balaban J connectivity index is 2.13. The topological polar surface area (TPSA) is 70.5 Å². The van der Waals surface area contributed by atoms with Crippen molar-refractivity contribution in [2.75, 3.05) is 7.05 Å². The summed E-state index contributed by atoms with van der Waals surface area (Å²) in [6, 6.07) is 0.195. The molecule has 1 atom stereocenters. The molecule has 84 valence electrons. The van der Waals surface area contributed by atoms with E-state index in [-0.39, 0.29) is 6.04 Å². The minimum atomic E-state index is 0.195. The van der Waals surface area contributed by atoms with Crippen molar-refractivity contribution in [3.8, 4) is 0 Å². The van der Waals surface area contributed by atoms with Gasteiger partial charge in [-0.2, -0.15) is 5.10 Å². The molecule has 0 spiro atoms. The summed E-state index contributed by atoms with van der Waals surface area (Å²) in [6.07, 6.45) is 7.43. The molecule has 1 amide bonds. The van der Waals surface area contributed by atoms with Crippen LogP contribution in [0.25, 0.3) is 0 Å². The quantitative estimate of drug-likeness (QED) is 0.586. The van der Waals surface area contributed by atoms with Crippen LogP contribution in [0.4, 0.5) is 0 Å². The number of amidine groups is 1. The zero-order chi connectivity index (χ0) is 11.4. The Labute approximate surface area is 93.4 Å². The van der Waals surface area contributed by atoms with Crippen LogP contribution >= 0.6 is 0 Å². The number of aromatic nitrogens is 2. The lowest BCUT2D eigenvalue weighted by Gasteiger charge is -2.20. The van der Waals surface area contributed by atoms with Gasteiger partial charge in [0.1, 0.15) is 5.84 Å². The Hall–Kier alpha value is -1.98. The zero-order valence-electron chi connectivity index (χ0n) is 9.00. The van der Waals surface area contributed by atoms with Gasteiger partial charge in [-0.05, 0) is 6.42 Å². The van der Waals surface area contributed by atoms with E-state index in [9.17, 15) is 4.79 Å². The van der Waals surface area contributed by atoms with Gasteiger partial charge >= 0.3 is 0 Å². The van der Waals surface area contributed by atoms with Crippen LogP contribution in [0.3, 0.4) is 0 Å². The smallest absolute Gasteiger partial charge is 0.227 e. The highest BCUT2D eigenvalue weighted by molar-refractivity contribution is 5.84. The maximum absolute atomic E-state index is 10.2. The number of carbonyl (C=O) groups excluding carboxylic acids is 1. The van der Waals surface area contributed by atoms with Gasteiger partial charge in [-0.25, -0.2) is 5.43 Å². The molecule has 1 aliphatic heterocycles. The lowest BCUT2D eigenvalue weighted by atomic mass is 10.1. The van der Waals surface area contributed by atoms with E-state index >= 15 is 0 Å². The number of hydrogen-bond acceptors (Lipinski definition) is 4. The minimum Gasteiger partial charge on any atom is -0.353 e. The first-order chi connectivity index (χ1) is 7.83. The highest BCUT2D eigenvalue weighted by Crippen LogP contribution is 2.29. The SMILES string of the molecule is CN1/C(=N\NC=O)CCC1c1cnccn1. The Morgan fingerprint density at radius 2 is 2.50 bits per heavy atom. The predicted molar refractivity (Wildman–Crippen MR) is 58.4 cm³/mol. The summed E-state index contributed by atoms with van der Waals surface area (Å²) in [6.45, 7) is 0. The number of hydrogen-bond donors (Lipinski definition) is 1. The van der Waals surface area contributed by atoms with Gasteiger partial charge < -0.3 is 4.90 Å². The molecule has 0 bridgehead atoms. The number of hydrazone groups is 1. The average molecular weight is 219 g/mol. The monoisotopic (exact) mass is 219 g/mol. The van der Waals surface area contributed by atoms with Crippen molar-refractivity contribution < 1.29 is 4.79 Å². The second kappa shape index (κ2) is 4.69. The van der Waals surface area contributed by atoms with Crippen LogP contribution in [0.5, 0.6) is 0 Å². The van der Waals surface area contributed by atoms with E-state index in [0.717, 1.165) is 24.4 Å². The first-order valence-corrected chi connectivity index (χ1v) is 5.07. The van der Waals surface area contributed by atoms with Crippen LogP contribution in [0.1, 0.15) is 24.6 Å². The molecule has 0 aromatic carbocycles. The Morgan fingerprint density at radius 3 is 3.19 bits per heavy atom. The molecule has 1 aromatic rings. The summed E-state index contributed by atoms with van der Waals surface area (Å²) in [4.78, 5) is 20.5. The van der Waals surface area contributed by atoms with Gasteiger partial charge in [0.2, 0.25) is 6.41 Å². The van der Waals surface area contributed by atoms with Gasteiger partial charge in [0.25, 0.3) is 0 Å². The number of likely N-dealkylation sites (tertiary alicyclic amines) is 1. The summed E-state index contributed by atoms with van der Waals surface area (Å²) in [7, 11) is 1.94. The maximum Gasteiger partial charge on any atom is 0.227 e. The van der Waals surface area contributed by atoms with Crippen LogP contribution in [-0.4, -0.2) is 34.2 Å². The molecule has 0 aliphatic carbocycles. The average Bonchev–Trinajstić information content (AvgIpc) is 2.69. The standard InChI is InChI=1S/C10H13N5O/c1-15-9(8-6-11-4-5-12-8)2-3-10(15)14-13-7-16/h4-7,9H,2-3H2,1H3,(H,13,16)/b14-10-. The summed E-state index contributed by atoms with van der Waals surface area (Å²) in [5.74, 6) is 0.864. The van der Waals surface area contributed by atoms with Crippen molar-refractivity contribution in [2.24, 2.45) is 5.10 Å². The summed E-state index contributed by atoms with van der Waals surface area (Å²) in [5, 5.41) is 3.97. The normalized spacial score (nSPS) is 22.4. The summed E-state index contributed by atoms with van der Waals surface area (Å²) < 4.78 is 0. The van der Waals surface area contributed by atoms with Crippen LogP contribution < -0.4 is 5.43 Å². The lowest BCUT2D eigenvalue weighted by Crippen LogP contribution is -2.25. The summed E-state index contributed by atoms with van der Waals surface area (Å²) >= 11 is 0. The van der Waals surface area contributed by atoms with Gasteiger partial charge in [0.05, 0.1) is 17.9 Å². The molecule has 0 radical (unpaired) electrons. The molecule has 0 saturated carbocycles. The molecule has 2 rings (SSSR count). The fourth-order valence-corrected chi connectivity index (χ4v) is 1.88. The fourth-order valence-electron chi connectivity index (χ4n) is 1.88. The number of nitrogens with zero attached hydrogens (tertiary/aromatic N) is 4. The first-order valence-electron chi connectivity index (χ1n) is 5.07. The molecule has 1 N–H and O–H groups in total. The number of carbonyl (C=O) groups is 1. The molecule has 6 nitrogen and oxygen atoms in total. The number of amides is 1. The zero-order valence-corrected chi connectivity index (χ0v) is 9.00. The molecule has 1 aromatic heterocycles. The van der Waals surface area contributed by atoms with E-state index in [1.807, 2.05) is 11.9 Å². The molecule has 1 fully saturated rings. The van der Waals surface area contributed by atoms with Crippen molar-refractivity contribution in [3.05, 3.63) is 24.3 Å². The Bertz CT molecular complexity index is 391. The van der Waals surface area contributed by atoms with Gasteiger partial charge in [-0.3, -0.25) is 14.8 Å². The number of rotatable bonds is 3. The van der Waals surface area contributed by atoms with E-state index < -0.39 is 0 Å². The van der Waals surface area contributed by atoms with Gasteiger partial charge in [-0.1, -0.05) is 0 Å². The van der Waals surface area contributed by atoms with Gasteiger partial charge in [0, 0.05) is 25.9 Å². The first kappa shape index (κ1) is 10.5. The molecular weight excluding hydrogens is 206 g/mol. The van der Waals surface area contributed by atoms with E-state index in [4.69, 9.17) is 0 Å². The lowest BCUT2D eigenvalue weighted by molar-refractivity contribution is -0.109. The highest BCUT2D eigenvalue weighted by Gasteiger charge is 2.28. The van der Waals surface area contributed by atoms with Crippen LogP contribution in [0, 0.1) is 0 Å². The molecule has 1 aliphatic rings. The third-order valence-corrected chi connectivity index (χ3v) is 2.69. The van der Waals surface area contributed by atoms with Crippen molar-refractivity contribution >= 4 is 12.2 Å². The van der Waals surface area contributed by atoms with E-state index in [0.29, 0.717) is 6.41 Å². The molecule has 1 saturated heterocycles. The maximum atomic E-state index is 10.2. The van der Waals surface area contributed by atoms with Crippen LogP contribution in [-0.2, 0) is 4.79 Å². The van der Waals surface area contributed by atoms with E-state index in [1.54, 1.807) is 18.6 Å². The third-order valence-electron chi connectivity index (χ3n) is 2.69. The summed E-state index contributed by atoms with van der Waals surface area (Å²) in [5.41, 5.74) is 3.25. The molecule has 16 heavy (non-hydrogen) atoms.